The summed E-state index contributed by atoms with van der Waals surface area (Å²) in [6, 6.07) is 25.5. The van der Waals surface area contributed by atoms with Gasteiger partial charge in [0.2, 0.25) is 0 Å². The van der Waals surface area contributed by atoms with Gasteiger partial charge < -0.3 is 10.5 Å². The van der Waals surface area contributed by atoms with Crippen molar-refractivity contribution in [1.82, 2.24) is 4.98 Å². The molecule has 1 atom stereocenters. The maximum atomic E-state index is 9.72. The minimum Gasteiger partial charge on any atom is -0.488 e. The van der Waals surface area contributed by atoms with Crippen molar-refractivity contribution < 1.29 is 4.74 Å². The van der Waals surface area contributed by atoms with E-state index in [1.807, 2.05) is 74.5 Å². The number of nitrogens with zero attached hydrogens (tertiary/aromatic N) is 4. The Bertz CT molecular complexity index is 1650. The maximum absolute atomic E-state index is 9.72. The fourth-order valence-corrected chi connectivity index (χ4v) is 4.65. The molecule has 0 fully saturated rings. The molecule has 0 radical (unpaired) electrons. The SMILES string of the molecule is CC=N/C=C(\C)[C@@]1(N)c2ccc(C#N)c(c2)OCc2cccc(c2)-c2cc(C#N)nc3ccc1cc23. The predicted octanol–water partition coefficient (Wildman–Crippen LogP) is 5.73. The maximum Gasteiger partial charge on any atom is 0.141 e. The molecule has 0 spiro atoms. The molecular formula is C30H23N5O. The highest BCUT2D eigenvalue weighted by molar-refractivity contribution is 5.96. The lowest BCUT2D eigenvalue weighted by molar-refractivity contribution is 0.304. The fraction of sp³-hybridized carbons (Fsp3) is 0.133. The lowest BCUT2D eigenvalue weighted by atomic mass is 9.77. The van der Waals surface area contributed by atoms with Crippen molar-refractivity contribution in [2.45, 2.75) is 26.0 Å². The molecule has 1 aliphatic heterocycles. The quantitative estimate of drug-likeness (QED) is 0.377. The zero-order valence-corrected chi connectivity index (χ0v) is 20.0. The molecule has 0 unspecified atom stereocenters. The van der Waals surface area contributed by atoms with Gasteiger partial charge in [0.05, 0.1) is 16.6 Å². The summed E-state index contributed by atoms with van der Waals surface area (Å²) in [6.45, 7) is 4.06. The molecule has 0 aliphatic carbocycles. The number of rotatable bonds is 2. The number of fused-ring (bicyclic) bond motifs is 6. The highest BCUT2D eigenvalue weighted by Gasteiger charge is 2.33. The molecular weight excluding hydrogens is 446 g/mol. The van der Waals surface area contributed by atoms with Gasteiger partial charge in [-0.1, -0.05) is 30.3 Å². The minimum absolute atomic E-state index is 0.273. The smallest absolute Gasteiger partial charge is 0.141 e. The van der Waals surface area contributed by atoms with Gasteiger partial charge in [0.1, 0.15) is 30.2 Å². The van der Waals surface area contributed by atoms with Crippen molar-refractivity contribution in [2.75, 3.05) is 0 Å². The van der Waals surface area contributed by atoms with E-state index in [1.54, 1.807) is 18.5 Å². The second-order valence-electron chi connectivity index (χ2n) is 8.74. The summed E-state index contributed by atoms with van der Waals surface area (Å²) < 4.78 is 6.16. The van der Waals surface area contributed by atoms with Gasteiger partial charge in [-0.25, -0.2) is 4.98 Å². The summed E-state index contributed by atoms with van der Waals surface area (Å²) in [6.07, 6.45) is 3.46. The monoisotopic (exact) mass is 469 g/mol. The molecule has 2 N–H and O–H groups in total. The van der Waals surface area contributed by atoms with Crippen LogP contribution in [0.3, 0.4) is 0 Å². The normalized spacial score (nSPS) is 17.0. The van der Waals surface area contributed by atoms with Crippen LogP contribution in [0, 0.1) is 22.7 Å². The van der Waals surface area contributed by atoms with Crippen molar-refractivity contribution >= 4 is 17.1 Å². The topological polar surface area (TPSA) is 108 Å². The molecule has 1 aliphatic rings. The van der Waals surface area contributed by atoms with Gasteiger partial charge in [-0.2, -0.15) is 10.5 Å². The molecule has 36 heavy (non-hydrogen) atoms. The molecule has 1 aromatic heterocycles. The third-order valence-corrected chi connectivity index (χ3v) is 6.61. The summed E-state index contributed by atoms with van der Waals surface area (Å²) in [5.74, 6) is 0.466. The van der Waals surface area contributed by atoms with E-state index in [1.165, 1.54) is 0 Å². The Hall–Kier alpha value is -4.78. The number of benzene rings is 3. The molecule has 5 rings (SSSR count). The van der Waals surface area contributed by atoms with Crippen LogP contribution in [0.15, 0.2) is 83.5 Å². The molecule has 174 valence electrons. The van der Waals surface area contributed by atoms with E-state index in [0.29, 0.717) is 22.5 Å². The molecule has 0 amide bonds. The molecule has 6 nitrogen and oxygen atoms in total. The number of aliphatic imine (C=N–C) groups is 1. The Labute approximate surface area is 209 Å². The molecule has 0 saturated carbocycles. The lowest BCUT2D eigenvalue weighted by Gasteiger charge is -2.32. The van der Waals surface area contributed by atoms with Crippen LogP contribution in [0.5, 0.6) is 5.75 Å². The molecule has 6 heteroatoms. The van der Waals surface area contributed by atoms with Gasteiger partial charge in [0.25, 0.3) is 0 Å². The van der Waals surface area contributed by atoms with E-state index in [2.05, 4.69) is 22.1 Å². The third-order valence-electron chi connectivity index (χ3n) is 6.61. The first-order valence-electron chi connectivity index (χ1n) is 11.5. The first-order chi connectivity index (χ1) is 17.5. The summed E-state index contributed by atoms with van der Waals surface area (Å²) in [5.41, 5.74) is 12.8. The van der Waals surface area contributed by atoms with Crippen LogP contribution in [0.25, 0.3) is 22.0 Å². The van der Waals surface area contributed by atoms with Gasteiger partial charge >= 0.3 is 0 Å². The zero-order valence-electron chi connectivity index (χ0n) is 20.0. The summed E-state index contributed by atoms with van der Waals surface area (Å²) >= 11 is 0. The van der Waals surface area contributed by atoms with Crippen LogP contribution >= 0.6 is 0 Å². The van der Waals surface area contributed by atoms with Crippen molar-refractivity contribution in [1.29, 1.82) is 10.5 Å². The minimum atomic E-state index is -1.06. The van der Waals surface area contributed by atoms with E-state index in [9.17, 15) is 10.5 Å². The number of hydrogen-bond donors (Lipinski definition) is 1. The van der Waals surface area contributed by atoms with E-state index in [0.717, 1.165) is 38.8 Å². The van der Waals surface area contributed by atoms with Crippen LogP contribution < -0.4 is 10.5 Å². The lowest BCUT2D eigenvalue weighted by Crippen LogP contribution is -2.39. The van der Waals surface area contributed by atoms with Crippen LogP contribution in [-0.4, -0.2) is 11.2 Å². The molecule has 2 heterocycles. The van der Waals surface area contributed by atoms with Crippen LogP contribution in [-0.2, 0) is 12.1 Å². The van der Waals surface area contributed by atoms with E-state index < -0.39 is 5.54 Å². The van der Waals surface area contributed by atoms with Crippen molar-refractivity contribution in [2.24, 2.45) is 10.7 Å². The van der Waals surface area contributed by atoms with Crippen LogP contribution in [0.2, 0.25) is 0 Å². The van der Waals surface area contributed by atoms with Crippen molar-refractivity contribution in [3.8, 4) is 29.0 Å². The third kappa shape index (κ3) is 3.80. The Balaban J connectivity index is 1.90. The number of pyridine rings is 1. The van der Waals surface area contributed by atoms with Crippen LogP contribution in [0.4, 0.5) is 0 Å². The number of aromatic nitrogens is 1. The highest BCUT2D eigenvalue weighted by atomic mass is 16.5. The summed E-state index contributed by atoms with van der Waals surface area (Å²) in [4.78, 5) is 8.87. The first kappa shape index (κ1) is 23.0. The number of hydrogen-bond acceptors (Lipinski definition) is 6. The Morgan fingerprint density at radius 3 is 2.64 bits per heavy atom. The largest absolute Gasteiger partial charge is 0.488 e. The van der Waals surface area contributed by atoms with Gasteiger partial charge in [0, 0.05) is 17.8 Å². The zero-order chi connectivity index (χ0) is 25.3. The Kier molecular flexibility index (Phi) is 5.82. The molecule has 4 aromatic rings. The van der Waals surface area contributed by atoms with E-state index >= 15 is 0 Å². The van der Waals surface area contributed by atoms with Crippen molar-refractivity contribution in [3.63, 3.8) is 0 Å². The van der Waals surface area contributed by atoms with Gasteiger partial charge in [0.15, 0.2) is 0 Å². The second kappa shape index (κ2) is 9.11. The predicted molar refractivity (Wildman–Crippen MR) is 140 cm³/mol. The van der Waals surface area contributed by atoms with Crippen LogP contribution in [0.1, 0.15) is 41.8 Å². The molecule has 3 aromatic carbocycles. The van der Waals surface area contributed by atoms with Gasteiger partial charge in [-0.15, -0.1) is 0 Å². The highest BCUT2D eigenvalue weighted by Crippen LogP contribution is 2.40. The number of ether oxygens (including phenoxy) is 1. The molecule has 0 saturated heterocycles. The number of nitrogens with two attached hydrogens (primary N) is 1. The summed E-state index contributed by atoms with van der Waals surface area (Å²) in [7, 11) is 0. The average Bonchev–Trinajstić information content (AvgIpc) is 2.93. The first-order valence-corrected chi connectivity index (χ1v) is 11.5. The Morgan fingerprint density at radius 1 is 1.06 bits per heavy atom. The standard InChI is InChI=1S/C30H23N5O/c1-3-34-17-19(2)30(33)23-9-10-28-27(12-23)26(14-25(16-32)35-28)21-6-4-5-20(11-21)18-36-29-13-24(30)8-7-22(29)15-31/h3-14,17H,18,33H2,1-2H3/b19-17+,34-3?/t30-/m0/s1. The Morgan fingerprint density at radius 2 is 1.86 bits per heavy atom. The van der Waals surface area contributed by atoms with Gasteiger partial charge in [-0.05, 0) is 83.6 Å². The fourth-order valence-electron chi connectivity index (χ4n) is 4.65. The summed E-state index contributed by atoms with van der Waals surface area (Å²) in [5, 5.41) is 20.2. The van der Waals surface area contributed by atoms with Crippen molar-refractivity contribution in [3.05, 3.63) is 106 Å². The average molecular weight is 470 g/mol. The second-order valence-corrected chi connectivity index (χ2v) is 8.74. The van der Waals surface area contributed by atoms with E-state index in [-0.39, 0.29) is 6.61 Å². The molecule has 6 bridgehead atoms. The van der Waals surface area contributed by atoms with Gasteiger partial charge in [-0.3, -0.25) is 4.99 Å². The van der Waals surface area contributed by atoms with E-state index in [4.69, 9.17) is 10.5 Å². The number of nitriles is 2.